The number of hydrogen-bond acceptors (Lipinski definition) is 5. The van der Waals surface area contributed by atoms with Crippen LogP contribution in [0.4, 0.5) is 0 Å². The van der Waals surface area contributed by atoms with Gasteiger partial charge in [0.25, 0.3) is 0 Å². The molecule has 0 saturated heterocycles. The standard InChI is InChI=1S/C28H32N2O5/c1-34-24-15-14-20(16-25(24)35-21-6-2-3-7-21)26-22-8-4-5-9-23(22)27(31)30(29-26)17-18-10-12-19(13-11-18)28(32)33/h10-16,21-23H,2-9,17H2,1H3,(H,32,33)/t22-,23+/m0/s1. The highest BCUT2D eigenvalue weighted by Crippen LogP contribution is 2.40. The summed E-state index contributed by atoms with van der Waals surface area (Å²) in [5, 5.41) is 15.6. The molecule has 5 rings (SSSR count). The third-order valence-corrected chi connectivity index (χ3v) is 7.51. The van der Waals surface area contributed by atoms with Crippen LogP contribution >= 0.6 is 0 Å². The number of carboxylic acid groups (broad SMARTS) is 1. The maximum Gasteiger partial charge on any atom is 0.335 e. The first-order valence-corrected chi connectivity index (χ1v) is 12.6. The molecular weight excluding hydrogens is 444 g/mol. The number of methoxy groups -OCH3 is 1. The summed E-state index contributed by atoms with van der Waals surface area (Å²) < 4.78 is 11.9. The lowest BCUT2D eigenvalue weighted by molar-refractivity contribution is -0.139. The van der Waals surface area contributed by atoms with Gasteiger partial charge in [-0.25, -0.2) is 9.80 Å². The molecule has 7 heteroatoms. The molecule has 0 radical (unpaired) electrons. The van der Waals surface area contributed by atoms with Crippen LogP contribution in [0.3, 0.4) is 0 Å². The van der Waals surface area contributed by atoms with Crippen LogP contribution in [0.5, 0.6) is 11.5 Å². The number of carbonyl (C=O) groups is 2. The molecule has 1 N–H and O–H groups in total. The van der Waals surface area contributed by atoms with E-state index in [1.54, 1.807) is 36.4 Å². The fourth-order valence-corrected chi connectivity index (χ4v) is 5.62. The molecule has 2 fully saturated rings. The number of fused-ring (bicyclic) bond motifs is 1. The number of amides is 1. The monoisotopic (exact) mass is 476 g/mol. The molecular formula is C28H32N2O5. The van der Waals surface area contributed by atoms with Gasteiger partial charge in [-0.3, -0.25) is 4.79 Å². The zero-order chi connectivity index (χ0) is 24.4. The predicted octanol–water partition coefficient (Wildman–Crippen LogP) is 5.27. The Morgan fingerprint density at radius 1 is 0.971 bits per heavy atom. The van der Waals surface area contributed by atoms with E-state index in [1.807, 2.05) is 18.2 Å². The van der Waals surface area contributed by atoms with Crippen LogP contribution in [0.1, 0.15) is 72.9 Å². The van der Waals surface area contributed by atoms with Crippen molar-refractivity contribution < 1.29 is 24.2 Å². The third-order valence-electron chi connectivity index (χ3n) is 7.51. The fourth-order valence-electron chi connectivity index (χ4n) is 5.62. The van der Waals surface area contributed by atoms with E-state index < -0.39 is 5.97 Å². The quantitative estimate of drug-likeness (QED) is 0.588. The van der Waals surface area contributed by atoms with E-state index in [2.05, 4.69) is 0 Å². The van der Waals surface area contributed by atoms with E-state index in [4.69, 9.17) is 14.6 Å². The second-order valence-corrected chi connectivity index (χ2v) is 9.77. The zero-order valence-electron chi connectivity index (χ0n) is 20.1. The lowest BCUT2D eigenvalue weighted by Gasteiger charge is -2.38. The summed E-state index contributed by atoms with van der Waals surface area (Å²) in [5.41, 5.74) is 2.97. The molecule has 0 aromatic heterocycles. The molecule has 3 aliphatic rings. The van der Waals surface area contributed by atoms with Gasteiger partial charge in [0.15, 0.2) is 11.5 Å². The number of rotatable bonds is 7. The molecule has 2 saturated carbocycles. The third kappa shape index (κ3) is 4.90. The first kappa shape index (κ1) is 23.4. The number of carbonyl (C=O) groups excluding carboxylic acids is 1. The summed E-state index contributed by atoms with van der Waals surface area (Å²) >= 11 is 0. The van der Waals surface area contributed by atoms with Gasteiger partial charge >= 0.3 is 5.97 Å². The van der Waals surface area contributed by atoms with Gasteiger partial charge in [0.05, 0.1) is 31.0 Å². The lowest BCUT2D eigenvalue weighted by Crippen LogP contribution is -2.45. The minimum atomic E-state index is -0.967. The van der Waals surface area contributed by atoms with Crippen LogP contribution in [-0.4, -0.2) is 40.9 Å². The summed E-state index contributed by atoms with van der Waals surface area (Å²) in [4.78, 5) is 24.6. The Kier molecular flexibility index (Phi) is 6.75. The van der Waals surface area contributed by atoms with Crippen LogP contribution in [0, 0.1) is 11.8 Å². The maximum atomic E-state index is 13.4. The van der Waals surface area contributed by atoms with E-state index in [1.165, 1.54) is 12.8 Å². The highest BCUT2D eigenvalue weighted by Gasteiger charge is 2.41. The number of benzene rings is 2. The summed E-state index contributed by atoms with van der Waals surface area (Å²) in [6, 6.07) is 12.6. The Balaban J connectivity index is 1.47. The molecule has 184 valence electrons. The molecule has 2 atom stereocenters. The second kappa shape index (κ2) is 10.1. The summed E-state index contributed by atoms with van der Waals surface area (Å²) in [7, 11) is 1.65. The minimum Gasteiger partial charge on any atom is -0.493 e. The molecule has 2 aromatic carbocycles. The fraction of sp³-hybridized carbons (Fsp3) is 0.464. The topological polar surface area (TPSA) is 88.4 Å². The first-order chi connectivity index (χ1) is 17.0. The molecule has 35 heavy (non-hydrogen) atoms. The van der Waals surface area contributed by atoms with Crippen LogP contribution < -0.4 is 9.47 Å². The van der Waals surface area contributed by atoms with Gasteiger partial charge in [-0.2, -0.15) is 5.10 Å². The summed E-state index contributed by atoms with van der Waals surface area (Å²) in [5.74, 6) is 0.539. The molecule has 0 bridgehead atoms. The van der Waals surface area contributed by atoms with E-state index in [-0.39, 0.29) is 29.4 Å². The summed E-state index contributed by atoms with van der Waals surface area (Å²) in [6.07, 6.45) is 8.64. The van der Waals surface area contributed by atoms with Gasteiger partial charge < -0.3 is 14.6 Å². The van der Waals surface area contributed by atoms with Crippen molar-refractivity contribution >= 4 is 17.6 Å². The minimum absolute atomic E-state index is 0.0525. The van der Waals surface area contributed by atoms with Gasteiger partial charge in [-0.05, 0) is 74.4 Å². The molecule has 0 spiro atoms. The number of ether oxygens (including phenoxy) is 2. The number of hydrogen-bond donors (Lipinski definition) is 1. The van der Waals surface area contributed by atoms with E-state index >= 15 is 0 Å². The molecule has 0 unspecified atom stereocenters. The average molecular weight is 477 g/mol. The summed E-state index contributed by atoms with van der Waals surface area (Å²) in [6.45, 7) is 0.313. The number of aromatic carboxylic acids is 1. The Bertz CT molecular complexity index is 1120. The van der Waals surface area contributed by atoms with Crippen molar-refractivity contribution in [2.24, 2.45) is 16.9 Å². The Morgan fingerprint density at radius 2 is 1.66 bits per heavy atom. The van der Waals surface area contributed by atoms with E-state index in [0.29, 0.717) is 12.3 Å². The maximum absolute atomic E-state index is 13.4. The Labute approximate surface area is 205 Å². The van der Waals surface area contributed by atoms with E-state index in [9.17, 15) is 14.7 Å². The largest absolute Gasteiger partial charge is 0.493 e. The van der Waals surface area contributed by atoms with Crippen LogP contribution in [0.2, 0.25) is 0 Å². The first-order valence-electron chi connectivity index (χ1n) is 12.6. The van der Waals surface area contributed by atoms with E-state index in [0.717, 1.165) is 61.1 Å². The van der Waals surface area contributed by atoms with Crippen molar-refractivity contribution in [3.63, 3.8) is 0 Å². The van der Waals surface area contributed by atoms with Gasteiger partial charge in [0, 0.05) is 17.4 Å². The smallest absolute Gasteiger partial charge is 0.335 e. The molecule has 1 aliphatic heterocycles. The second-order valence-electron chi connectivity index (χ2n) is 9.77. The van der Waals surface area contributed by atoms with Gasteiger partial charge in [-0.1, -0.05) is 25.0 Å². The van der Waals surface area contributed by atoms with Crippen LogP contribution in [-0.2, 0) is 11.3 Å². The van der Waals surface area contributed by atoms with Crippen molar-refractivity contribution in [2.45, 2.75) is 64.0 Å². The highest BCUT2D eigenvalue weighted by molar-refractivity contribution is 6.07. The van der Waals surface area contributed by atoms with Gasteiger partial charge in [0.2, 0.25) is 5.91 Å². The van der Waals surface area contributed by atoms with Gasteiger partial charge in [-0.15, -0.1) is 0 Å². The molecule has 2 aromatic rings. The van der Waals surface area contributed by atoms with Crippen molar-refractivity contribution in [2.75, 3.05) is 7.11 Å². The van der Waals surface area contributed by atoms with Crippen molar-refractivity contribution in [1.29, 1.82) is 0 Å². The average Bonchev–Trinajstić information content (AvgIpc) is 3.39. The molecule has 7 nitrogen and oxygen atoms in total. The predicted molar refractivity (Wildman–Crippen MR) is 132 cm³/mol. The number of carboxylic acids is 1. The van der Waals surface area contributed by atoms with Crippen LogP contribution in [0.25, 0.3) is 0 Å². The van der Waals surface area contributed by atoms with Crippen molar-refractivity contribution in [3.05, 3.63) is 59.2 Å². The lowest BCUT2D eigenvalue weighted by atomic mass is 9.73. The molecule has 1 amide bonds. The number of nitrogens with zero attached hydrogens (tertiary/aromatic N) is 2. The molecule has 2 aliphatic carbocycles. The molecule has 1 heterocycles. The number of hydrazone groups is 1. The zero-order valence-corrected chi connectivity index (χ0v) is 20.1. The van der Waals surface area contributed by atoms with Crippen molar-refractivity contribution in [3.8, 4) is 11.5 Å². The SMILES string of the molecule is COc1ccc(C2=NN(Cc3ccc(C(=O)O)cc3)C(=O)[C@@H]3CCCC[C@H]23)cc1OC1CCCC1. The Hall–Kier alpha value is -3.35. The van der Waals surface area contributed by atoms with Crippen molar-refractivity contribution in [1.82, 2.24) is 5.01 Å². The van der Waals surface area contributed by atoms with Gasteiger partial charge in [0.1, 0.15) is 0 Å². The Morgan fingerprint density at radius 3 is 2.34 bits per heavy atom. The normalized spacial score (nSPS) is 22.5. The highest BCUT2D eigenvalue weighted by atomic mass is 16.5. The van der Waals surface area contributed by atoms with Crippen LogP contribution in [0.15, 0.2) is 47.6 Å².